The SMILES string of the molecule is Fc1ccc(Sc2ccccc2Sc2ccc(F)cc2)cc1. The van der Waals surface area contributed by atoms with E-state index in [9.17, 15) is 8.78 Å². The van der Waals surface area contributed by atoms with Gasteiger partial charge in [-0.3, -0.25) is 0 Å². The maximum atomic E-state index is 13.0. The van der Waals surface area contributed by atoms with E-state index >= 15 is 0 Å². The van der Waals surface area contributed by atoms with Gasteiger partial charge >= 0.3 is 0 Å². The average Bonchev–Trinajstić information content (AvgIpc) is 2.54. The fourth-order valence-electron chi connectivity index (χ4n) is 1.88. The molecule has 0 aromatic heterocycles. The van der Waals surface area contributed by atoms with Gasteiger partial charge in [-0.25, -0.2) is 8.78 Å². The molecule has 3 rings (SSSR count). The van der Waals surface area contributed by atoms with Gasteiger partial charge in [0.05, 0.1) is 0 Å². The molecule has 0 radical (unpaired) electrons. The predicted octanol–water partition coefficient (Wildman–Crippen LogP) is 6.27. The Kier molecular flexibility index (Phi) is 4.80. The summed E-state index contributed by atoms with van der Waals surface area (Å²) < 4.78 is 26.0. The molecule has 0 unspecified atom stereocenters. The van der Waals surface area contributed by atoms with Crippen molar-refractivity contribution < 1.29 is 8.78 Å². The molecule has 0 aliphatic carbocycles. The Balaban J connectivity index is 1.83. The van der Waals surface area contributed by atoms with Gasteiger partial charge in [-0.2, -0.15) is 0 Å². The lowest BCUT2D eigenvalue weighted by Gasteiger charge is -2.09. The van der Waals surface area contributed by atoms with Crippen LogP contribution in [0.4, 0.5) is 8.78 Å². The molecule has 0 atom stereocenters. The minimum Gasteiger partial charge on any atom is -0.207 e. The number of hydrogen-bond donors (Lipinski definition) is 0. The summed E-state index contributed by atoms with van der Waals surface area (Å²) in [5.41, 5.74) is 0. The van der Waals surface area contributed by atoms with Crippen LogP contribution in [-0.4, -0.2) is 0 Å². The zero-order valence-corrected chi connectivity index (χ0v) is 13.1. The molecule has 4 heteroatoms. The average molecular weight is 330 g/mol. The van der Waals surface area contributed by atoms with Crippen LogP contribution in [0.2, 0.25) is 0 Å². The summed E-state index contributed by atoms with van der Waals surface area (Å²) in [6, 6.07) is 20.9. The van der Waals surface area contributed by atoms with Crippen molar-refractivity contribution in [3.63, 3.8) is 0 Å². The second-order valence-electron chi connectivity index (χ2n) is 4.56. The number of halogens is 2. The first-order chi connectivity index (χ1) is 10.7. The maximum Gasteiger partial charge on any atom is 0.123 e. The minimum atomic E-state index is -0.238. The maximum absolute atomic E-state index is 13.0. The van der Waals surface area contributed by atoms with Crippen molar-refractivity contribution in [3.05, 3.63) is 84.4 Å². The van der Waals surface area contributed by atoms with Gasteiger partial charge in [0.25, 0.3) is 0 Å². The van der Waals surface area contributed by atoms with E-state index in [1.807, 2.05) is 24.3 Å². The summed E-state index contributed by atoms with van der Waals surface area (Å²) in [4.78, 5) is 4.13. The van der Waals surface area contributed by atoms with Crippen molar-refractivity contribution >= 4 is 23.5 Å². The molecule has 0 N–H and O–H groups in total. The second-order valence-corrected chi connectivity index (χ2v) is 6.79. The van der Waals surface area contributed by atoms with E-state index in [0.29, 0.717) is 0 Å². The third kappa shape index (κ3) is 3.90. The van der Waals surface area contributed by atoms with E-state index in [1.54, 1.807) is 47.8 Å². The number of rotatable bonds is 4. The van der Waals surface area contributed by atoms with Crippen LogP contribution in [0.25, 0.3) is 0 Å². The van der Waals surface area contributed by atoms with E-state index < -0.39 is 0 Å². The number of benzene rings is 3. The van der Waals surface area contributed by atoms with E-state index in [4.69, 9.17) is 0 Å². The number of hydrogen-bond acceptors (Lipinski definition) is 2. The van der Waals surface area contributed by atoms with Gasteiger partial charge in [0.2, 0.25) is 0 Å². The van der Waals surface area contributed by atoms with E-state index in [2.05, 4.69) is 0 Å². The molecule has 3 aromatic rings. The third-order valence-electron chi connectivity index (χ3n) is 2.93. The van der Waals surface area contributed by atoms with Crippen molar-refractivity contribution in [2.45, 2.75) is 19.6 Å². The monoisotopic (exact) mass is 330 g/mol. The van der Waals surface area contributed by atoms with Crippen molar-refractivity contribution in [1.82, 2.24) is 0 Å². The Hall–Kier alpha value is -1.78. The first-order valence-corrected chi connectivity index (χ1v) is 8.30. The van der Waals surface area contributed by atoms with Crippen molar-refractivity contribution in [1.29, 1.82) is 0 Å². The van der Waals surface area contributed by atoms with E-state index in [-0.39, 0.29) is 11.6 Å². The summed E-state index contributed by atoms with van der Waals surface area (Å²) >= 11 is 3.17. The summed E-state index contributed by atoms with van der Waals surface area (Å²) in [6.07, 6.45) is 0. The fraction of sp³-hybridized carbons (Fsp3) is 0. The zero-order chi connectivity index (χ0) is 15.4. The molecule has 0 amide bonds. The Morgan fingerprint density at radius 3 is 1.23 bits per heavy atom. The Labute approximate surface area is 136 Å². The largest absolute Gasteiger partial charge is 0.207 e. The fourth-order valence-corrected chi connectivity index (χ4v) is 3.81. The predicted molar refractivity (Wildman–Crippen MR) is 87.5 cm³/mol. The molecule has 110 valence electrons. The third-order valence-corrected chi connectivity index (χ3v) is 5.23. The molecule has 0 nitrogen and oxygen atoms in total. The first kappa shape index (κ1) is 15.1. The Morgan fingerprint density at radius 2 is 0.864 bits per heavy atom. The Morgan fingerprint density at radius 1 is 0.500 bits per heavy atom. The summed E-state index contributed by atoms with van der Waals surface area (Å²) in [5.74, 6) is -0.475. The lowest BCUT2D eigenvalue weighted by atomic mass is 10.3. The second kappa shape index (κ2) is 6.99. The van der Waals surface area contributed by atoms with E-state index in [0.717, 1.165) is 19.6 Å². The van der Waals surface area contributed by atoms with Crippen LogP contribution in [0.3, 0.4) is 0 Å². The van der Waals surface area contributed by atoms with Crippen molar-refractivity contribution in [2.75, 3.05) is 0 Å². The molecule has 0 aliphatic heterocycles. The van der Waals surface area contributed by atoms with Crippen molar-refractivity contribution in [3.8, 4) is 0 Å². The highest BCUT2D eigenvalue weighted by atomic mass is 32.2. The summed E-state index contributed by atoms with van der Waals surface area (Å²) in [7, 11) is 0. The molecule has 0 saturated heterocycles. The van der Waals surface area contributed by atoms with Crippen LogP contribution in [0.1, 0.15) is 0 Å². The Bertz CT molecular complexity index is 686. The lowest BCUT2D eigenvalue weighted by molar-refractivity contribution is 0.626. The van der Waals surface area contributed by atoms with Gasteiger partial charge in [-0.05, 0) is 60.7 Å². The highest BCUT2D eigenvalue weighted by molar-refractivity contribution is 8.02. The van der Waals surface area contributed by atoms with Gasteiger partial charge < -0.3 is 0 Å². The molecule has 0 heterocycles. The van der Waals surface area contributed by atoms with Gasteiger partial charge in [0, 0.05) is 19.6 Å². The minimum absolute atomic E-state index is 0.238. The van der Waals surface area contributed by atoms with Gasteiger partial charge in [0.15, 0.2) is 0 Å². The topological polar surface area (TPSA) is 0 Å². The molecular weight excluding hydrogens is 318 g/mol. The van der Waals surface area contributed by atoms with E-state index in [1.165, 1.54) is 24.3 Å². The molecule has 3 aromatic carbocycles. The van der Waals surface area contributed by atoms with Crippen LogP contribution in [0, 0.1) is 11.6 Å². The zero-order valence-electron chi connectivity index (χ0n) is 11.5. The normalized spacial score (nSPS) is 10.6. The molecule has 0 aliphatic rings. The van der Waals surface area contributed by atoms with Crippen molar-refractivity contribution in [2.24, 2.45) is 0 Å². The molecule has 0 spiro atoms. The first-order valence-electron chi connectivity index (χ1n) is 6.66. The van der Waals surface area contributed by atoms with Gasteiger partial charge in [-0.15, -0.1) is 0 Å². The summed E-state index contributed by atoms with van der Waals surface area (Å²) in [5, 5.41) is 0. The lowest BCUT2D eigenvalue weighted by Crippen LogP contribution is -1.81. The highest BCUT2D eigenvalue weighted by Gasteiger charge is 2.06. The van der Waals surface area contributed by atoms with Crippen LogP contribution in [0.15, 0.2) is 92.4 Å². The van der Waals surface area contributed by atoms with Gasteiger partial charge in [-0.1, -0.05) is 35.7 Å². The highest BCUT2D eigenvalue weighted by Crippen LogP contribution is 2.38. The molecular formula is C18H12F2S2. The molecule has 0 saturated carbocycles. The quantitative estimate of drug-likeness (QED) is 0.553. The molecule has 0 bridgehead atoms. The molecule has 0 fully saturated rings. The standard InChI is InChI=1S/C18H12F2S2/c19-13-5-9-15(10-6-13)21-17-3-1-2-4-18(17)22-16-11-7-14(20)8-12-16/h1-12H. The smallest absolute Gasteiger partial charge is 0.123 e. The van der Waals surface area contributed by atoms with Crippen LogP contribution >= 0.6 is 23.5 Å². The van der Waals surface area contributed by atoms with Crippen LogP contribution in [-0.2, 0) is 0 Å². The molecule has 22 heavy (non-hydrogen) atoms. The van der Waals surface area contributed by atoms with Crippen LogP contribution < -0.4 is 0 Å². The summed E-state index contributed by atoms with van der Waals surface area (Å²) in [6.45, 7) is 0. The van der Waals surface area contributed by atoms with Crippen LogP contribution in [0.5, 0.6) is 0 Å². The van der Waals surface area contributed by atoms with Gasteiger partial charge in [0.1, 0.15) is 11.6 Å².